The highest BCUT2D eigenvalue weighted by atomic mass is 79.9. The lowest BCUT2D eigenvalue weighted by Gasteiger charge is -2.13. The molecule has 1 heterocycles. The molecule has 0 spiro atoms. The second-order valence-corrected chi connectivity index (χ2v) is 7.86. The summed E-state index contributed by atoms with van der Waals surface area (Å²) in [6.45, 7) is 0.587. The van der Waals surface area contributed by atoms with Crippen LogP contribution < -0.4 is 0 Å². The molecule has 1 aromatic carbocycles. The largest absolute Gasteiger partial charge is 0.469 e. The van der Waals surface area contributed by atoms with E-state index in [2.05, 4.69) is 20.7 Å². The van der Waals surface area contributed by atoms with Gasteiger partial charge in [-0.25, -0.2) is 0 Å². The van der Waals surface area contributed by atoms with Gasteiger partial charge in [-0.15, -0.1) is 0 Å². The predicted octanol–water partition coefficient (Wildman–Crippen LogP) is 4.38. The Kier molecular flexibility index (Phi) is 7.45. The molecule has 0 saturated carbocycles. The van der Waals surface area contributed by atoms with Crippen molar-refractivity contribution in [3.05, 3.63) is 39.2 Å². The lowest BCUT2D eigenvalue weighted by atomic mass is 10.2. The molecule has 1 saturated heterocycles. The molecule has 2 rings (SSSR count). The van der Waals surface area contributed by atoms with Crippen molar-refractivity contribution in [1.29, 1.82) is 0 Å². The second kappa shape index (κ2) is 9.34. The van der Waals surface area contributed by atoms with E-state index in [1.54, 1.807) is 4.90 Å². The standard InChI is InChI=1S/C17H18BrNO3S2/c1-22-15(20)5-3-2-4-10-19-16(21)14(24-17(19)23)11-12-6-8-13(18)9-7-12/h6-9,11H,2-5,10H2,1H3/b14-11+. The highest BCUT2D eigenvalue weighted by Crippen LogP contribution is 2.32. The van der Waals surface area contributed by atoms with Crippen molar-refractivity contribution in [3.63, 3.8) is 0 Å². The van der Waals surface area contributed by atoms with Crippen LogP contribution in [0.5, 0.6) is 0 Å². The molecule has 128 valence electrons. The highest BCUT2D eigenvalue weighted by Gasteiger charge is 2.31. The number of unbranched alkanes of at least 4 members (excludes halogenated alkanes) is 2. The topological polar surface area (TPSA) is 46.6 Å². The van der Waals surface area contributed by atoms with Crippen molar-refractivity contribution >= 4 is 62.2 Å². The Morgan fingerprint density at radius 1 is 1.29 bits per heavy atom. The summed E-state index contributed by atoms with van der Waals surface area (Å²) in [4.78, 5) is 25.8. The Morgan fingerprint density at radius 3 is 2.67 bits per heavy atom. The molecule has 1 aliphatic heterocycles. The molecule has 0 N–H and O–H groups in total. The van der Waals surface area contributed by atoms with Gasteiger partial charge < -0.3 is 4.74 Å². The molecule has 0 atom stereocenters. The van der Waals surface area contributed by atoms with E-state index in [9.17, 15) is 9.59 Å². The molecule has 0 bridgehead atoms. The van der Waals surface area contributed by atoms with Gasteiger partial charge in [0, 0.05) is 17.4 Å². The van der Waals surface area contributed by atoms with Gasteiger partial charge in [-0.2, -0.15) is 0 Å². The Balaban J connectivity index is 1.87. The molecule has 1 amide bonds. The van der Waals surface area contributed by atoms with Crippen LogP contribution in [0.4, 0.5) is 0 Å². The van der Waals surface area contributed by atoms with E-state index in [0.717, 1.165) is 29.3 Å². The number of benzene rings is 1. The summed E-state index contributed by atoms with van der Waals surface area (Å²) in [7, 11) is 1.39. The highest BCUT2D eigenvalue weighted by molar-refractivity contribution is 9.10. The van der Waals surface area contributed by atoms with Gasteiger partial charge >= 0.3 is 5.97 Å². The molecular weight excluding hydrogens is 410 g/mol. The van der Waals surface area contributed by atoms with Gasteiger partial charge in [-0.3, -0.25) is 14.5 Å². The summed E-state index contributed by atoms with van der Waals surface area (Å²) in [5, 5.41) is 0. The van der Waals surface area contributed by atoms with Gasteiger partial charge in [0.25, 0.3) is 5.91 Å². The average Bonchev–Trinajstić information content (AvgIpc) is 2.83. The van der Waals surface area contributed by atoms with E-state index < -0.39 is 0 Å². The Hall–Kier alpha value is -1.18. The van der Waals surface area contributed by atoms with Gasteiger partial charge in [-0.1, -0.05) is 58.5 Å². The lowest BCUT2D eigenvalue weighted by molar-refractivity contribution is -0.140. The van der Waals surface area contributed by atoms with Gasteiger partial charge in [0.2, 0.25) is 0 Å². The number of carbonyl (C=O) groups is 2. The summed E-state index contributed by atoms with van der Waals surface area (Å²) >= 11 is 10.0. The Bertz CT molecular complexity index is 658. The molecule has 24 heavy (non-hydrogen) atoms. The molecule has 0 unspecified atom stereocenters. The van der Waals surface area contributed by atoms with Crippen molar-refractivity contribution in [2.24, 2.45) is 0 Å². The fourth-order valence-electron chi connectivity index (χ4n) is 2.22. The Morgan fingerprint density at radius 2 is 2.00 bits per heavy atom. The SMILES string of the molecule is COC(=O)CCCCCN1C(=O)/C(=C\c2ccc(Br)cc2)SC1=S. The van der Waals surface area contributed by atoms with Gasteiger partial charge in [-0.05, 0) is 36.6 Å². The van der Waals surface area contributed by atoms with Gasteiger partial charge in [0.15, 0.2) is 0 Å². The van der Waals surface area contributed by atoms with Crippen molar-refractivity contribution in [3.8, 4) is 0 Å². The molecule has 0 aromatic heterocycles. The minimum absolute atomic E-state index is 0.0408. The number of amides is 1. The normalized spacial score (nSPS) is 16.1. The first-order chi connectivity index (χ1) is 11.5. The van der Waals surface area contributed by atoms with E-state index in [0.29, 0.717) is 22.2 Å². The minimum atomic E-state index is -0.196. The third kappa shape index (κ3) is 5.43. The van der Waals surface area contributed by atoms with Gasteiger partial charge in [0.1, 0.15) is 4.32 Å². The van der Waals surface area contributed by atoms with Crippen LogP contribution in [0.1, 0.15) is 31.2 Å². The maximum absolute atomic E-state index is 12.5. The molecule has 1 aromatic rings. The number of thiocarbonyl (C=S) groups is 1. The number of esters is 1. The minimum Gasteiger partial charge on any atom is -0.469 e. The molecule has 4 nitrogen and oxygen atoms in total. The molecule has 1 aliphatic rings. The zero-order chi connectivity index (χ0) is 17.5. The number of hydrogen-bond acceptors (Lipinski definition) is 5. The van der Waals surface area contributed by atoms with E-state index in [1.807, 2.05) is 30.3 Å². The number of methoxy groups -OCH3 is 1. The predicted molar refractivity (Wildman–Crippen MR) is 105 cm³/mol. The number of halogens is 1. The lowest BCUT2D eigenvalue weighted by Crippen LogP contribution is -2.29. The summed E-state index contributed by atoms with van der Waals surface area (Å²) in [6.07, 6.45) is 4.71. The monoisotopic (exact) mass is 427 g/mol. The van der Waals surface area contributed by atoms with E-state index in [1.165, 1.54) is 18.9 Å². The number of ether oxygens (including phenoxy) is 1. The quantitative estimate of drug-likeness (QED) is 0.279. The zero-order valence-electron chi connectivity index (χ0n) is 13.3. The maximum atomic E-state index is 12.5. The third-order valence-corrected chi connectivity index (χ3v) is 5.44. The fraction of sp³-hybridized carbons (Fsp3) is 0.353. The average molecular weight is 428 g/mol. The second-order valence-electron chi connectivity index (χ2n) is 5.27. The maximum Gasteiger partial charge on any atom is 0.305 e. The van der Waals surface area contributed by atoms with Crippen LogP contribution in [0.3, 0.4) is 0 Å². The van der Waals surface area contributed by atoms with Crippen molar-refractivity contribution in [2.75, 3.05) is 13.7 Å². The molecule has 7 heteroatoms. The van der Waals surface area contributed by atoms with E-state index in [-0.39, 0.29) is 11.9 Å². The van der Waals surface area contributed by atoms with Crippen molar-refractivity contribution in [1.82, 2.24) is 4.90 Å². The zero-order valence-corrected chi connectivity index (χ0v) is 16.5. The number of carbonyl (C=O) groups excluding carboxylic acids is 2. The van der Waals surface area contributed by atoms with Gasteiger partial charge in [0.05, 0.1) is 12.0 Å². The molecule has 0 radical (unpaired) electrons. The van der Waals surface area contributed by atoms with Crippen LogP contribution in [0.15, 0.2) is 33.6 Å². The first-order valence-electron chi connectivity index (χ1n) is 7.59. The number of thioether (sulfide) groups is 1. The fourth-order valence-corrected chi connectivity index (χ4v) is 3.79. The van der Waals surface area contributed by atoms with Crippen molar-refractivity contribution < 1.29 is 14.3 Å². The van der Waals surface area contributed by atoms with E-state index >= 15 is 0 Å². The summed E-state index contributed by atoms with van der Waals surface area (Å²) in [5.74, 6) is -0.237. The number of nitrogens with zero attached hydrogens (tertiary/aromatic N) is 1. The molecule has 0 aliphatic carbocycles. The van der Waals surface area contributed by atoms with Crippen LogP contribution in [-0.2, 0) is 14.3 Å². The summed E-state index contributed by atoms with van der Waals surface area (Å²) in [6, 6.07) is 7.77. The number of rotatable bonds is 7. The first kappa shape index (κ1) is 19.1. The Labute approximate surface area is 159 Å². The first-order valence-corrected chi connectivity index (χ1v) is 9.61. The van der Waals surface area contributed by atoms with Crippen LogP contribution in [0.25, 0.3) is 6.08 Å². The van der Waals surface area contributed by atoms with Crippen molar-refractivity contribution in [2.45, 2.75) is 25.7 Å². The van der Waals surface area contributed by atoms with Crippen LogP contribution >= 0.6 is 39.9 Å². The molecular formula is C17H18BrNO3S2. The van der Waals surface area contributed by atoms with Crippen LogP contribution in [0.2, 0.25) is 0 Å². The van der Waals surface area contributed by atoms with E-state index in [4.69, 9.17) is 12.2 Å². The smallest absolute Gasteiger partial charge is 0.305 e. The van der Waals surface area contributed by atoms with Crippen LogP contribution in [-0.4, -0.2) is 34.8 Å². The third-order valence-electron chi connectivity index (χ3n) is 3.53. The number of hydrogen-bond donors (Lipinski definition) is 0. The summed E-state index contributed by atoms with van der Waals surface area (Å²) in [5.41, 5.74) is 0.969. The summed E-state index contributed by atoms with van der Waals surface area (Å²) < 4.78 is 6.20. The molecule has 1 fully saturated rings. The van der Waals surface area contributed by atoms with Crippen LogP contribution in [0, 0.1) is 0 Å².